The molecular formula is C44H30LiN2O+. The summed E-state index contributed by atoms with van der Waals surface area (Å²) in [6.07, 6.45) is 0. The molecule has 9 aromatic rings. The fourth-order valence-electron chi connectivity index (χ4n) is 7.30. The van der Waals surface area contributed by atoms with E-state index in [0.29, 0.717) is 5.56 Å². The second kappa shape index (κ2) is 11.7. The van der Waals surface area contributed by atoms with Gasteiger partial charge in [0.2, 0.25) is 11.2 Å². The molecule has 0 atom stereocenters. The van der Waals surface area contributed by atoms with Crippen molar-refractivity contribution in [1.82, 2.24) is 4.98 Å². The number of fused-ring (bicyclic) bond motifs is 9. The standard InChI is InChI=1S/C44H30N2O.Li/c1-26-24-38(41-22-19-29-16-15-28-18-21-40(45-43(28)44(29)46-41)36-13-7-8-14-42(36)47)27(2)23-37(26)30-17-20-35-33-11-4-3-9-31(33)32-10-5-6-12-34(32)39(35)25-30;/h3-25,47H,1-2H3;/q;+1. The van der Waals surface area contributed by atoms with Crippen LogP contribution in [0.5, 0.6) is 5.75 Å². The SMILES string of the molecule is Cc1cc(-c2ccc3ccc4ccc(-c5ccccc5[O-])[nH+]c4c3n2)c(C)cc1-c1ccc2c3ccccc3c3ccccc3c2c1.[Li+]. The summed E-state index contributed by atoms with van der Waals surface area (Å²) in [7, 11) is 0. The van der Waals surface area contributed by atoms with Crippen molar-refractivity contribution >= 4 is 54.1 Å². The van der Waals surface area contributed by atoms with Gasteiger partial charge < -0.3 is 5.11 Å². The fourth-order valence-corrected chi connectivity index (χ4v) is 7.30. The van der Waals surface area contributed by atoms with Gasteiger partial charge >= 0.3 is 18.9 Å². The van der Waals surface area contributed by atoms with Gasteiger partial charge in [0.1, 0.15) is 5.52 Å². The molecule has 3 nitrogen and oxygen atoms in total. The quantitative estimate of drug-likeness (QED) is 0.155. The van der Waals surface area contributed by atoms with Gasteiger partial charge in [0, 0.05) is 28.0 Å². The van der Waals surface area contributed by atoms with E-state index in [1.54, 1.807) is 12.1 Å². The Morgan fingerprint density at radius 1 is 0.500 bits per heavy atom. The number of nitrogens with zero attached hydrogens (tertiary/aromatic N) is 1. The van der Waals surface area contributed by atoms with Crippen molar-refractivity contribution in [3.05, 3.63) is 151 Å². The molecule has 0 aliphatic heterocycles. The third-order valence-corrected chi connectivity index (χ3v) is 9.66. The van der Waals surface area contributed by atoms with E-state index in [1.165, 1.54) is 54.6 Å². The van der Waals surface area contributed by atoms with Crippen molar-refractivity contribution < 1.29 is 29.0 Å². The first-order valence-electron chi connectivity index (χ1n) is 16.0. The summed E-state index contributed by atoms with van der Waals surface area (Å²) < 4.78 is 0. The first kappa shape index (κ1) is 29.9. The molecule has 0 aliphatic carbocycles. The van der Waals surface area contributed by atoms with E-state index < -0.39 is 0 Å². The Morgan fingerprint density at radius 2 is 1.06 bits per heavy atom. The number of aryl methyl sites for hydroxylation is 2. The zero-order valence-corrected chi connectivity index (χ0v) is 27.1. The van der Waals surface area contributed by atoms with E-state index in [0.717, 1.165) is 38.8 Å². The van der Waals surface area contributed by atoms with E-state index in [9.17, 15) is 5.11 Å². The van der Waals surface area contributed by atoms with E-state index in [1.807, 2.05) is 18.2 Å². The van der Waals surface area contributed by atoms with Gasteiger partial charge in [-0.2, -0.15) is 0 Å². The molecule has 2 heterocycles. The normalized spacial score (nSPS) is 11.5. The summed E-state index contributed by atoms with van der Waals surface area (Å²) in [5, 5.41) is 22.4. The van der Waals surface area contributed by atoms with E-state index >= 15 is 0 Å². The van der Waals surface area contributed by atoms with Crippen LogP contribution in [0.25, 0.3) is 87.8 Å². The van der Waals surface area contributed by atoms with Gasteiger partial charge in [-0.1, -0.05) is 103 Å². The molecule has 0 saturated heterocycles. The van der Waals surface area contributed by atoms with Crippen LogP contribution >= 0.6 is 0 Å². The molecule has 222 valence electrons. The number of aromatic amines is 1. The number of aromatic nitrogens is 2. The van der Waals surface area contributed by atoms with Crippen LogP contribution < -0.4 is 29.0 Å². The molecule has 0 unspecified atom stereocenters. The maximum absolute atomic E-state index is 12.6. The molecule has 0 fully saturated rings. The molecular weight excluding hydrogens is 579 g/mol. The van der Waals surface area contributed by atoms with Gasteiger partial charge in [-0.05, 0) is 105 Å². The Bertz CT molecular complexity index is 2700. The van der Waals surface area contributed by atoms with Crippen molar-refractivity contribution in [3.8, 4) is 39.4 Å². The number of nitrogens with one attached hydrogen (secondary N) is 1. The Kier molecular flexibility index (Phi) is 7.26. The van der Waals surface area contributed by atoms with E-state index in [2.05, 4.69) is 128 Å². The minimum absolute atomic E-state index is 0. The predicted molar refractivity (Wildman–Crippen MR) is 194 cm³/mol. The molecule has 0 spiro atoms. The molecule has 9 rings (SSSR count). The Labute approximate surface area is 290 Å². The maximum atomic E-state index is 12.6. The Morgan fingerprint density at radius 3 is 1.79 bits per heavy atom. The van der Waals surface area contributed by atoms with Crippen LogP contribution in [0.4, 0.5) is 0 Å². The number of pyridine rings is 2. The van der Waals surface area contributed by atoms with Crippen LogP contribution in [0.3, 0.4) is 0 Å². The fraction of sp³-hybridized carbons (Fsp3) is 0.0455. The molecule has 48 heavy (non-hydrogen) atoms. The Hall–Kier alpha value is -5.46. The average Bonchev–Trinajstić information content (AvgIpc) is 3.12. The zero-order chi connectivity index (χ0) is 31.6. The smallest absolute Gasteiger partial charge is 0.872 e. The van der Waals surface area contributed by atoms with Crippen LogP contribution in [0.2, 0.25) is 0 Å². The van der Waals surface area contributed by atoms with Crippen molar-refractivity contribution in [3.63, 3.8) is 0 Å². The van der Waals surface area contributed by atoms with Gasteiger partial charge in [0.15, 0.2) is 0 Å². The van der Waals surface area contributed by atoms with Crippen LogP contribution in [-0.2, 0) is 0 Å². The number of benzene rings is 7. The summed E-state index contributed by atoms with van der Waals surface area (Å²) >= 11 is 0. The monoisotopic (exact) mass is 609 g/mol. The van der Waals surface area contributed by atoms with Crippen LogP contribution in [0.1, 0.15) is 11.1 Å². The van der Waals surface area contributed by atoms with Gasteiger partial charge in [0.05, 0.1) is 5.69 Å². The van der Waals surface area contributed by atoms with Gasteiger partial charge in [-0.25, -0.2) is 9.97 Å². The topological polar surface area (TPSA) is 50.1 Å². The van der Waals surface area contributed by atoms with Crippen molar-refractivity contribution in [2.45, 2.75) is 13.8 Å². The van der Waals surface area contributed by atoms with Gasteiger partial charge in [0.25, 0.3) is 0 Å². The molecule has 7 aromatic carbocycles. The average molecular weight is 610 g/mol. The summed E-state index contributed by atoms with van der Waals surface area (Å²) in [4.78, 5) is 8.77. The molecule has 0 amide bonds. The minimum Gasteiger partial charge on any atom is -0.872 e. The third kappa shape index (κ3) is 4.75. The summed E-state index contributed by atoms with van der Waals surface area (Å²) in [5.74, 6) is -0.00359. The minimum atomic E-state index is -0.00359. The molecule has 0 bridgehead atoms. The maximum Gasteiger partial charge on any atom is 1.00 e. The predicted octanol–water partition coefficient (Wildman–Crippen LogP) is 7.36. The van der Waals surface area contributed by atoms with E-state index in [-0.39, 0.29) is 24.6 Å². The second-order valence-corrected chi connectivity index (χ2v) is 12.5. The molecule has 1 N–H and O–H groups in total. The second-order valence-electron chi connectivity index (χ2n) is 12.5. The van der Waals surface area contributed by atoms with Gasteiger partial charge in [-0.15, -0.1) is 0 Å². The first-order valence-corrected chi connectivity index (χ1v) is 16.0. The van der Waals surface area contributed by atoms with Crippen LogP contribution in [0.15, 0.2) is 140 Å². The van der Waals surface area contributed by atoms with Crippen LogP contribution in [-0.4, -0.2) is 4.98 Å². The first-order chi connectivity index (χ1) is 23.0. The molecule has 0 radical (unpaired) electrons. The van der Waals surface area contributed by atoms with Gasteiger partial charge in [-0.3, -0.25) is 0 Å². The Balaban J connectivity index is 0.00000336. The number of hydrogen-bond acceptors (Lipinski definition) is 2. The van der Waals surface area contributed by atoms with E-state index in [4.69, 9.17) is 4.98 Å². The van der Waals surface area contributed by atoms with Crippen molar-refractivity contribution in [2.24, 2.45) is 0 Å². The molecule has 4 heteroatoms. The summed E-state index contributed by atoms with van der Waals surface area (Å²) in [6, 6.07) is 48.5. The van der Waals surface area contributed by atoms with Crippen LogP contribution in [0, 0.1) is 13.8 Å². The number of hydrogen-bond donors (Lipinski definition) is 0. The molecule has 2 aromatic heterocycles. The largest absolute Gasteiger partial charge is 1.00 e. The van der Waals surface area contributed by atoms with Crippen molar-refractivity contribution in [1.29, 1.82) is 0 Å². The summed E-state index contributed by atoms with van der Waals surface area (Å²) in [5.41, 5.74) is 10.1. The third-order valence-electron chi connectivity index (χ3n) is 9.66. The number of rotatable bonds is 3. The zero-order valence-electron chi connectivity index (χ0n) is 27.1. The number of H-pyrrole nitrogens is 1. The number of para-hydroxylation sites is 1. The molecule has 0 saturated carbocycles. The van der Waals surface area contributed by atoms with Crippen molar-refractivity contribution in [2.75, 3.05) is 0 Å². The summed E-state index contributed by atoms with van der Waals surface area (Å²) in [6.45, 7) is 4.37. The molecule has 0 aliphatic rings.